The summed E-state index contributed by atoms with van der Waals surface area (Å²) in [5.41, 5.74) is 0.620. The number of ether oxygens (including phenoxy) is 1. The van der Waals surface area contributed by atoms with Crippen LogP contribution in [0.3, 0.4) is 0 Å². The van der Waals surface area contributed by atoms with Gasteiger partial charge in [-0.05, 0) is 19.9 Å². The predicted octanol–water partition coefficient (Wildman–Crippen LogP) is 1.98. The van der Waals surface area contributed by atoms with Crippen LogP contribution in [0.15, 0.2) is 18.2 Å². The number of hydrogen-bond donors (Lipinski definition) is 2. The van der Waals surface area contributed by atoms with E-state index in [1.165, 1.54) is 0 Å². The molecule has 2 N–H and O–H groups in total. The second kappa shape index (κ2) is 5.35. The van der Waals surface area contributed by atoms with Gasteiger partial charge in [-0.3, -0.25) is 0 Å². The largest absolute Gasteiger partial charge is 0.486 e. The van der Waals surface area contributed by atoms with Crippen molar-refractivity contribution in [1.29, 1.82) is 0 Å². The molecule has 0 saturated heterocycles. The van der Waals surface area contributed by atoms with Crippen molar-refractivity contribution in [2.75, 3.05) is 0 Å². The summed E-state index contributed by atoms with van der Waals surface area (Å²) in [5, 5.41) is 18.8. The summed E-state index contributed by atoms with van der Waals surface area (Å²) < 4.78 is 5.49. The van der Waals surface area contributed by atoms with Crippen LogP contribution in [0, 0.1) is 0 Å². The highest BCUT2D eigenvalue weighted by atomic mass is 35.5. The molecular weight excluding hydrogens is 216 g/mol. The highest BCUT2D eigenvalue weighted by molar-refractivity contribution is 6.32. The van der Waals surface area contributed by atoms with Gasteiger partial charge in [0.2, 0.25) is 0 Å². The van der Waals surface area contributed by atoms with Gasteiger partial charge in [0.05, 0.1) is 17.7 Å². The van der Waals surface area contributed by atoms with E-state index in [1.807, 2.05) is 0 Å². The van der Waals surface area contributed by atoms with Crippen molar-refractivity contribution in [3.8, 4) is 5.75 Å². The molecule has 0 aromatic heterocycles. The SMILES string of the molecule is CC(O)C(C)Oc1c(Cl)cccc1CO. The first-order valence-electron chi connectivity index (χ1n) is 4.79. The zero-order chi connectivity index (χ0) is 11.4. The van der Waals surface area contributed by atoms with Gasteiger partial charge in [0, 0.05) is 5.56 Å². The van der Waals surface area contributed by atoms with Gasteiger partial charge in [0.25, 0.3) is 0 Å². The van der Waals surface area contributed by atoms with Gasteiger partial charge in [-0.2, -0.15) is 0 Å². The number of halogens is 1. The Labute approximate surface area is 94.3 Å². The van der Waals surface area contributed by atoms with E-state index in [2.05, 4.69) is 0 Å². The topological polar surface area (TPSA) is 49.7 Å². The highest BCUT2D eigenvalue weighted by Gasteiger charge is 2.15. The smallest absolute Gasteiger partial charge is 0.143 e. The Kier molecular flexibility index (Phi) is 4.39. The minimum absolute atomic E-state index is 0.136. The summed E-state index contributed by atoms with van der Waals surface area (Å²) in [6.45, 7) is 3.25. The van der Waals surface area contributed by atoms with Crippen LogP contribution in [0.5, 0.6) is 5.75 Å². The number of hydrogen-bond acceptors (Lipinski definition) is 3. The maximum absolute atomic E-state index is 9.31. The van der Waals surface area contributed by atoms with E-state index >= 15 is 0 Å². The second-order valence-electron chi connectivity index (χ2n) is 3.45. The molecule has 0 aliphatic carbocycles. The van der Waals surface area contributed by atoms with Gasteiger partial charge in [-0.15, -0.1) is 0 Å². The quantitative estimate of drug-likeness (QED) is 0.832. The summed E-state index contributed by atoms with van der Waals surface area (Å²) in [4.78, 5) is 0. The summed E-state index contributed by atoms with van der Waals surface area (Å²) in [6, 6.07) is 5.16. The monoisotopic (exact) mass is 230 g/mol. The first-order chi connectivity index (χ1) is 7.06. The summed E-state index contributed by atoms with van der Waals surface area (Å²) in [5.74, 6) is 0.440. The van der Waals surface area contributed by atoms with Crippen molar-refractivity contribution in [2.24, 2.45) is 0 Å². The maximum atomic E-state index is 9.31. The average molecular weight is 231 g/mol. The molecule has 4 heteroatoms. The fourth-order valence-corrected chi connectivity index (χ4v) is 1.33. The first kappa shape index (κ1) is 12.3. The van der Waals surface area contributed by atoms with Crippen LogP contribution < -0.4 is 4.74 Å². The normalized spacial score (nSPS) is 14.7. The van der Waals surface area contributed by atoms with Gasteiger partial charge in [0.1, 0.15) is 11.9 Å². The minimum atomic E-state index is -0.590. The average Bonchev–Trinajstić information content (AvgIpc) is 2.20. The Morgan fingerprint density at radius 3 is 2.60 bits per heavy atom. The Morgan fingerprint density at radius 2 is 2.07 bits per heavy atom. The lowest BCUT2D eigenvalue weighted by molar-refractivity contribution is 0.0590. The van der Waals surface area contributed by atoms with Crippen LogP contribution in [0.4, 0.5) is 0 Å². The maximum Gasteiger partial charge on any atom is 0.143 e. The highest BCUT2D eigenvalue weighted by Crippen LogP contribution is 2.29. The molecule has 1 aromatic rings. The van der Waals surface area contributed by atoms with E-state index in [0.29, 0.717) is 16.3 Å². The van der Waals surface area contributed by atoms with Gasteiger partial charge in [-0.25, -0.2) is 0 Å². The van der Waals surface area contributed by atoms with E-state index in [-0.39, 0.29) is 12.7 Å². The Hall–Kier alpha value is -0.770. The lowest BCUT2D eigenvalue weighted by atomic mass is 10.2. The third-order valence-electron chi connectivity index (χ3n) is 2.20. The molecule has 0 radical (unpaired) electrons. The van der Waals surface area contributed by atoms with Crippen LogP contribution in [-0.4, -0.2) is 22.4 Å². The van der Waals surface area contributed by atoms with Crippen molar-refractivity contribution in [3.05, 3.63) is 28.8 Å². The number of aliphatic hydroxyl groups is 2. The number of rotatable bonds is 4. The van der Waals surface area contributed by atoms with Gasteiger partial charge < -0.3 is 14.9 Å². The molecule has 15 heavy (non-hydrogen) atoms. The van der Waals surface area contributed by atoms with Crippen LogP contribution in [0.1, 0.15) is 19.4 Å². The zero-order valence-corrected chi connectivity index (χ0v) is 9.53. The lowest BCUT2D eigenvalue weighted by Gasteiger charge is -2.19. The molecule has 0 spiro atoms. The van der Waals surface area contributed by atoms with Crippen molar-refractivity contribution in [3.63, 3.8) is 0 Å². The molecule has 1 aromatic carbocycles. The van der Waals surface area contributed by atoms with Gasteiger partial charge >= 0.3 is 0 Å². The van der Waals surface area contributed by atoms with E-state index in [1.54, 1.807) is 32.0 Å². The summed E-state index contributed by atoms with van der Waals surface area (Å²) in [7, 11) is 0. The lowest BCUT2D eigenvalue weighted by Crippen LogP contribution is -2.26. The molecule has 1 rings (SSSR count). The van der Waals surface area contributed by atoms with Crippen LogP contribution in [-0.2, 0) is 6.61 Å². The van der Waals surface area contributed by atoms with Crippen molar-refractivity contribution < 1.29 is 14.9 Å². The van der Waals surface area contributed by atoms with Crippen molar-refractivity contribution >= 4 is 11.6 Å². The molecule has 0 fully saturated rings. The minimum Gasteiger partial charge on any atom is -0.486 e. The molecule has 0 saturated carbocycles. The second-order valence-corrected chi connectivity index (χ2v) is 3.86. The van der Waals surface area contributed by atoms with Gasteiger partial charge in [-0.1, -0.05) is 23.7 Å². The van der Waals surface area contributed by atoms with E-state index < -0.39 is 6.10 Å². The molecule has 2 atom stereocenters. The number of aliphatic hydroxyl groups excluding tert-OH is 2. The fraction of sp³-hybridized carbons (Fsp3) is 0.455. The molecule has 0 aliphatic rings. The first-order valence-corrected chi connectivity index (χ1v) is 5.17. The number of para-hydroxylation sites is 1. The zero-order valence-electron chi connectivity index (χ0n) is 8.77. The van der Waals surface area contributed by atoms with Gasteiger partial charge in [0.15, 0.2) is 0 Å². The molecular formula is C11H15ClO3. The summed E-state index contributed by atoms with van der Waals surface area (Å²) >= 11 is 5.94. The van der Waals surface area contributed by atoms with Crippen molar-refractivity contribution in [1.82, 2.24) is 0 Å². The Bertz CT molecular complexity index is 326. The molecule has 0 aliphatic heterocycles. The Balaban J connectivity index is 2.92. The van der Waals surface area contributed by atoms with E-state index in [4.69, 9.17) is 21.4 Å². The van der Waals surface area contributed by atoms with E-state index in [0.717, 1.165) is 0 Å². The predicted molar refractivity (Wildman–Crippen MR) is 59.1 cm³/mol. The molecule has 3 nitrogen and oxygen atoms in total. The van der Waals surface area contributed by atoms with Crippen LogP contribution >= 0.6 is 11.6 Å². The number of benzene rings is 1. The Morgan fingerprint density at radius 1 is 1.40 bits per heavy atom. The van der Waals surface area contributed by atoms with Crippen LogP contribution in [0.2, 0.25) is 5.02 Å². The summed E-state index contributed by atoms with van der Waals surface area (Å²) in [6.07, 6.45) is -0.956. The third kappa shape index (κ3) is 3.09. The molecule has 2 unspecified atom stereocenters. The molecule has 0 bridgehead atoms. The molecule has 0 heterocycles. The standard InChI is InChI=1S/C11H15ClO3/c1-7(14)8(2)15-11-9(6-13)4-3-5-10(11)12/h3-5,7-8,13-14H,6H2,1-2H3. The van der Waals surface area contributed by atoms with Crippen LogP contribution in [0.25, 0.3) is 0 Å². The molecule has 0 amide bonds. The fourth-order valence-electron chi connectivity index (χ4n) is 1.09. The van der Waals surface area contributed by atoms with E-state index in [9.17, 15) is 5.11 Å². The van der Waals surface area contributed by atoms with Crippen molar-refractivity contribution in [2.45, 2.75) is 32.7 Å². The molecule has 84 valence electrons. The third-order valence-corrected chi connectivity index (χ3v) is 2.50.